The van der Waals surface area contributed by atoms with Crippen molar-refractivity contribution in [1.82, 2.24) is 0 Å². The molecule has 0 bridgehead atoms. The average Bonchev–Trinajstić information content (AvgIpc) is 2.32. The number of hydrogen-bond acceptors (Lipinski definition) is 3. The standard InChI is InChI=1S/C10H13NO3.CH4N.ClH/c1-14-8-4-2-7(3-5-8)6-9(11)10(12)13;1-2;/h2-5,9H,6,11H2,1H3,(H,12,13);2H,1H3;1H/q;-1;/t9-;;/m0../s1. The molecule has 4 N–H and O–H groups in total. The predicted octanol–water partition coefficient (Wildman–Crippen LogP) is 1.74. The summed E-state index contributed by atoms with van der Waals surface area (Å²) < 4.78 is 4.97. The Bertz CT molecular complexity index is 317. The number of nitrogens with one attached hydrogen (secondary N) is 1. The van der Waals surface area contributed by atoms with Gasteiger partial charge in [-0.1, -0.05) is 12.1 Å². The third-order valence-corrected chi connectivity index (χ3v) is 1.93. The van der Waals surface area contributed by atoms with Crippen molar-refractivity contribution < 1.29 is 14.6 Å². The van der Waals surface area contributed by atoms with E-state index in [1.807, 2.05) is 12.1 Å². The zero-order valence-electron chi connectivity index (χ0n) is 9.84. The summed E-state index contributed by atoms with van der Waals surface area (Å²) in [5.74, 6) is -0.238. The first-order valence-corrected chi connectivity index (χ1v) is 4.75. The Morgan fingerprint density at radius 1 is 1.41 bits per heavy atom. The normalized spacial score (nSPS) is 10.4. The number of hydrogen-bond donors (Lipinski definition) is 2. The lowest BCUT2D eigenvalue weighted by atomic mass is 10.1. The molecule has 0 aliphatic carbocycles. The Hall–Kier alpha value is -1.30. The van der Waals surface area contributed by atoms with Gasteiger partial charge < -0.3 is 21.3 Å². The van der Waals surface area contributed by atoms with Crippen molar-refractivity contribution in [3.8, 4) is 5.75 Å². The van der Waals surface area contributed by atoms with Gasteiger partial charge in [0.2, 0.25) is 0 Å². The minimum Gasteiger partial charge on any atom is -0.680 e. The van der Waals surface area contributed by atoms with Crippen LogP contribution in [0.2, 0.25) is 0 Å². The SMILES string of the molecule is COc1ccc(C[C@H](N)C(=O)O)cc1.C[NH-].Cl. The summed E-state index contributed by atoms with van der Waals surface area (Å²) in [6.07, 6.45) is 0.333. The van der Waals surface area contributed by atoms with Gasteiger partial charge in [0.05, 0.1) is 7.11 Å². The molecule has 0 saturated heterocycles. The van der Waals surface area contributed by atoms with Crippen molar-refractivity contribution in [3.63, 3.8) is 0 Å². The van der Waals surface area contributed by atoms with Crippen molar-refractivity contribution in [2.75, 3.05) is 14.2 Å². The molecule has 6 heteroatoms. The van der Waals surface area contributed by atoms with Gasteiger partial charge in [0.15, 0.2) is 0 Å². The summed E-state index contributed by atoms with van der Waals surface area (Å²) in [7, 11) is 2.83. The van der Waals surface area contributed by atoms with Crippen LogP contribution in [-0.4, -0.2) is 31.3 Å². The largest absolute Gasteiger partial charge is 0.680 e. The molecule has 0 heterocycles. The summed E-state index contributed by atoms with van der Waals surface area (Å²) in [4.78, 5) is 10.5. The molecular formula is C11H18ClN2O3-. The van der Waals surface area contributed by atoms with E-state index in [4.69, 9.17) is 21.3 Å². The van der Waals surface area contributed by atoms with E-state index in [0.717, 1.165) is 11.3 Å². The molecule has 98 valence electrons. The predicted molar refractivity (Wildman–Crippen MR) is 69.8 cm³/mol. The van der Waals surface area contributed by atoms with Gasteiger partial charge in [0, 0.05) is 0 Å². The van der Waals surface area contributed by atoms with Crippen LogP contribution >= 0.6 is 12.4 Å². The molecule has 17 heavy (non-hydrogen) atoms. The average molecular weight is 262 g/mol. The fourth-order valence-corrected chi connectivity index (χ4v) is 1.10. The quantitative estimate of drug-likeness (QED) is 0.863. The Morgan fingerprint density at radius 2 is 1.88 bits per heavy atom. The second-order valence-corrected chi connectivity index (χ2v) is 3.00. The van der Waals surface area contributed by atoms with Gasteiger partial charge in [-0.3, -0.25) is 4.79 Å². The maximum atomic E-state index is 10.5. The highest BCUT2D eigenvalue weighted by atomic mass is 35.5. The van der Waals surface area contributed by atoms with Crippen LogP contribution in [-0.2, 0) is 11.2 Å². The van der Waals surface area contributed by atoms with E-state index < -0.39 is 12.0 Å². The van der Waals surface area contributed by atoms with Gasteiger partial charge in [0.1, 0.15) is 11.8 Å². The Kier molecular flexibility index (Phi) is 10.5. The molecule has 1 aromatic carbocycles. The number of rotatable bonds is 4. The highest BCUT2D eigenvalue weighted by Crippen LogP contribution is 2.12. The smallest absolute Gasteiger partial charge is 0.320 e. The number of benzene rings is 1. The van der Waals surface area contributed by atoms with Crippen LogP contribution in [0.3, 0.4) is 0 Å². The minimum absolute atomic E-state index is 0. The second kappa shape index (κ2) is 9.89. The van der Waals surface area contributed by atoms with Crippen molar-refractivity contribution >= 4 is 18.4 Å². The molecule has 0 radical (unpaired) electrons. The Balaban J connectivity index is 0. The van der Waals surface area contributed by atoms with Crippen molar-refractivity contribution in [2.45, 2.75) is 12.5 Å². The first kappa shape index (κ1) is 18.1. The third kappa shape index (κ3) is 6.78. The van der Waals surface area contributed by atoms with Crippen LogP contribution in [0.5, 0.6) is 5.75 Å². The van der Waals surface area contributed by atoms with Crippen LogP contribution in [0, 0.1) is 0 Å². The molecule has 0 aliphatic rings. The minimum atomic E-state index is -0.985. The number of methoxy groups -OCH3 is 1. The highest BCUT2D eigenvalue weighted by Gasteiger charge is 2.11. The fraction of sp³-hybridized carbons (Fsp3) is 0.364. The first-order chi connectivity index (χ1) is 7.63. The van der Waals surface area contributed by atoms with Crippen LogP contribution in [0.15, 0.2) is 24.3 Å². The zero-order chi connectivity index (χ0) is 12.6. The van der Waals surface area contributed by atoms with E-state index in [9.17, 15) is 4.79 Å². The lowest BCUT2D eigenvalue weighted by molar-refractivity contribution is -0.138. The number of carbonyl (C=O) groups is 1. The lowest BCUT2D eigenvalue weighted by Gasteiger charge is -2.06. The molecule has 0 fully saturated rings. The number of nitrogens with two attached hydrogens (primary N) is 1. The topological polar surface area (TPSA) is 96.3 Å². The zero-order valence-corrected chi connectivity index (χ0v) is 10.7. The molecule has 0 spiro atoms. The molecule has 5 nitrogen and oxygen atoms in total. The van der Waals surface area contributed by atoms with Gasteiger partial charge in [-0.2, -0.15) is 7.05 Å². The number of aliphatic carboxylic acids is 1. The summed E-state index contributed by atoms with van der Waals surface area (Å²) >= 11 is 0. The van der Waals surface area contributed by atoms with Gasteiger partial charge in [-0.15, -0.1) is 12.4 Å². The summed E-state index contributed by atoms with van der Waals surface area (Å²) in [5, 5.41) is 8.59. The highest BCUT2D eigenvalue weighted by molar-refractivity contribution is 5.85. The number of halogens is 1. The molecule has 0 saturated carbocycles. The van der Waals surface area contributed by atoms with E-state index in [0.29, 0.717) is 6.42 Å². The molecule has 0 unspecified atom stereocenters. The third-order valence-electron chi connectivity index (χ3n) is 1.93. The van der Waals surface area contributed by atoms with Crippen LogP contribution in [0.1, 0.15) is 5.56 Å². The van der Waals surface area contributed by atoms with Gasteiger partial charge in [-0.05, 0) is 24.1 Å². The van der Waals surface area contributed by atoms with Crippen molar-refractivity contribution in [1.29, 1.82) is 0 Å². The van der Waals surface area contributed by atoms with Gasteiger partial charge in [0.25, 0.3) is 0 Å². The monoisotopic (exact) mass is 261 g/mol. The fourth-order valence-electron chi connectivity index (χ4n) is 1.10. The molecule has 1 atom stereocenters. The lowest BCUT2D eigenvalue weighted by Crippen LogP contribution is -2.32. The summed E-state index contributed by atoms with van der Waals surface area (Å²) in [6, 6.07) is 6.33. The van der Waals surface area contributed by atoms with Crippen molar-refractivity contribution in [2.24, 2.45) is 5.73 Å². The summed E-state index contributed by atoms with van der Waals surface area (Å²) in [6.45, 7) is 0. The Labute approximate surface area is 107 Å². The second-order valence-electron chi connectivity index (χ2n) is 3.00. The molecule has 1 rings (SSSR count). The molecular weight excluding hydrogens is 244 g/mol. The maximum Gasteiger partial charge on any atom is 0.320 e. The number of carboxylic acids is 1. The van der Waals surface area contributed by atoms with Crippen LogP contribution in [0.25, 0.3) is 5.73 Å². The summed E-state index contributed by atoms with van der Waals surface area (Å²) in [5.41, 5.74) is 12.0. The van der Waals surface area contributed by atoms with E-state index in [1.54, 1.807) is 19.2 Å². The molecule has 0 aliphatic heterocycles. The van der Waals surface area contributed by atoms with E-state index in [-0.39, 0.29) is 12.4 Å². The van der Waals surface area contributed by atoms with E-state index in [1.165, 1.54) is 7.05 Å². The Morgan fingerprint density at radius 3 is 2.24 bits per heavy atom. The first-order valence-electron chi connectivity index (χ1n) is 4.75. The molecule has 0 aromatic heterocycles. The van der Waals surface area contributed by atoms with Gasteiger partial charge in [-0.25, -0.2) is 0 Å². The molecule has 0 amide bonds. The van der Waals surface area contributed by atoms with Crippen LogP contribution in [0.4, 0.5) is 0 Å². The number of carboxylic acid groups (broad SMARTS) is 1. The van der Waals surface area contributed by atoms with Crippen LogP contribution < -0.4 is 10.5 Å². The van der Waals surface area contributed by atoms with E-state index >= 15 is 0 Å². The maximum absolute atomic E-state index is 10.5. The van der Waals surface area contributed by atoms with Crippen molar-refractivity contribution in [3.05, 3.63) is 35.6 Å². The molecule has 1 aromatic rings. The van der Waals surface area contributed by atoms with E-state index in [2.05, 4.69) is 0 Å². The number of ether oxygens (including phenoxy) is 1. The van der Waals surface area contributed by atoms with Gasteiger partial charge >= 0.3 is 5.97 Å².